The number of hydrogen-bond acceptors (Lipinski definition) is 5. The third-order valence-electron chi connectivity index (χ3n) is 4.58. The molecule has 0 aliphatic carbocycles. The molecule has 0 saturated heterocycles. The molecule has 32 heavy (non-hydrogen) atoms. The standard InChI is InChI=1S/C24H19BrN4O3/c25-19-8-11-23(30)18(12-19)14-26-29-24(31)22-13-21(27-28-22)17-6-9-20(10-7-17)32-15-16-4-2-1-3-5-16/h1-14,30H,15H2,(H,27,28)(H,29,31). The van der Waals surface area contributed by atoms with Crippen LogP contribution in [0.5, 0.6) is 11.5 Å². The molecule has 0 saturated carbocycles. The largest absolute Gasteiger partial charge is 0.507 e. The molecule has 0 spiro atoms. The van der Waals surface area contributed by atoms with Gasteiger partial charge in [0.25, 0.3) is 5.91 Å². The molecule has 160 valence electrons. The van der Waals surface area contributed by atoms with Gasteiger partial charge in [-0.1, -0.05) is 46.3 Å². The van der Waals surface area contributed by atoms with E-state index in [4.69, 9.17) is 4.74 Å². The number of carbonyl (C=O) groups is 1. The fourth-order valence-electron chi connectivity index (χ4n) is 2.90. The van der Waals surface area contributed by atoms with Crippen LogP contribution in [0, 0.1) is 0 Å². The molecule has 0 radical (unpaired) electrons. The summed E-state index contributed by atoms with van der Waals surface area (Å²) in [5.41, 5.74) is 5.71. The number of aromatic amines is 1. The second-order valence-corrected chi connectivity index (χ2v) is 7.78. The van der Waals surface area contributed by atoms with E-state index in [1.807, 2.05) is 54.6 Å². The average Bonchev–Trinajstić information content (AvgIpc) is 3.31. The highest BCUT2D eigenvalue weighted by atomic mass is 79.9. The van der Waals surface area contributed by atoms with Crippen molar-refractivity contribution in [3.63, 3.8) is 0 Å². The van der Waals surface area contributed by atoms with Gasteiger partial charge in [-0.05, 0) is 54.1 Å². The van der Waals surface area contributed by atoms with Crippen molar-refractivity contribution in [2.24, 2.45) is 5.10 Å². The van der Waals surface area contributed by atoms with Crippen molar-refractivity contribution in [3.05, 3.63) is 100 Å². The number of benzene rings is 3. The van der Waals surface area contributed by atoms with Crippen LogP contribution in [0.25, 0.3) is 11.3 Å². The summed E-state index contributed by atoms with van der Waals surface area (Å²) >= 11 is 3.32. The molecule has 3 N–H and O–H groups in total. The molecular formula is C24H19BrN4O3. The predicted octanol–water partition coefficient (Wildman–Crippen LogP) is 4.89. The van der Waals surface area contributed by atoms with Crippen molar-refractivity contribution in [1.82, 2.24) is 15.6 Å². The van der Waals surface area contributed by atoms with Crippen LogP contribution >= 0.6 is 15.9 Å². The van der Waals surface area contributed by atoms with Crippen molar-refractivity contribution in [2.75, 3.05) is 0 Å². The number of ether oxygens (including phenoxy) is 1. The summed E-state index contributed by atoms with van der Waals surface area (Å²) in [5.74, 6) is 0.361. The summed E-state index contributed by atoms with van der Waals surface area (Å²) < 4.78 is 6.58. The molecule has 8 heteroatoms. The van der Waals surface area contributed by atoms with Crippen LogP contribution in [0.4, 0.5) is 0 Å². The maximum absolute atomic E-state index is 12.3. The van der Waals surface area contributed by atoms with Gasteiger partial charge in [0.05, 0.1) is 11.9 Å². The highest BCUT2D eigenvalue weighted by molar-refractivity contribution is 9.10. The smallest absolute Gasteiger partial charge is 0.289 e. The summed E-state index contributed by atoms with van der Waals surface area (Å²) in [6.07, 6.45) is 1.36. The molecular weight excluding hydrogens is 472 g/mol. The zero-order valence-corrected chi connectivity index (χ0v) is 18.4. The van der Waals surface area contributed by atoms with Gasteiger partial charge in [-0.3, -0.25) is 9.89 Å². The second kappa shape index (κ2) is 9.93. The molecule has 0 fully saturated rings. The van der Waals surface area contributed by atoms with E-state index < -0.39 is 5.91 Å². The molecule has 0 bridgehead atoms. The minimum absolute atomic E-state index is 0.0613. The number of phenolic OH excluding ortho intramolecular Hbond substituents is 1. The van der Waals surface area contributed by atoms with Gasteiger partial charge in [0.2, 0.25) is 0 Å². The van der Waals surface area contributed by atoms with E-state index in [9.17, 15) is 9.90 Å². The molecule has 0 aliphatic heterocycles. The van der Waals surface area contributed by atoms with Crippen molar-refractivity contribution in [3.8, 4) is 22.8 Å². The van der Waals surface area contributed by atoms with Gasteiger partial charge < -0.3 is 9.84 Å². The van der Waals surface area contributed by atoms with Gasteiger partial charge in [-0.15, -0.1) is 0 Å². The summed E-state index contributed by atoms with van der Waals surface area (Å²) in [5, 5.41) is 20.6. The first-order chi connectivity index (χ1) is 15.6. The molecule has 1 aromatic heterocycles. The van der Waals surface area contributed by atoms with Gasteiger partial charge in [-0.25, -0.2) is 5.43 Å². The van der Waals surface area contributed by atoms with Gasteiger partial charge in [0, 0.05) is 15.6 Å². The van der Waals surface area contributed by atoms with Gasteiger partial charge >= 0.3 is 0 Å². The topological polar surface area (TPSA) is 99.6 Å². The van der Waals surface area contributed by atoms with Crippen molar-refractivity contribution in [1.29, 1.82) is 0 Å². The lowest BCUT2D eigenvalue weighted by Crippen LogP contribution is -2.18. The number of nitrogens with zero attached hydrogens (tertiary/aromatic N) is 2. The summed E-state index contributed by atoms with van der Waals surface area (Å²) in [4.78, 5) is 12.3. The lowest BCUT2D eigenvalue weighted by molar-refractivity contribution is 0.0950. The van der Waals surface area contributed by atoms with Gasteiger partial charge in [-0.2, -0.15) is 10.2 Å². The van der Waals surface area contributed by atoms with Crippen molar-refractivity contribution in [2.45, 2.75) is 6.61 Å². The second-order valence-electron chi connectivity index (χ2n) is 6.87. The molecule has 4 rings (SSSR count). The molecule has 7 nitrogen and oxygen atoms in total. The quantitative estimate of drug-likeness (QED) is 0.253. The van der Waals surface area contributed by atoms with Crippen LogP contribution in [0.2, 0.25) is 0 Å². The number of rotatable bonds is 7. The Morgan fingerprint density at radius 2 is 1.88 bits per heavy atom. The maximum atomic E-state index is 12.3. The highest BCUT2D eigenvalue weighted by Gasteiger charge is 2.11. The Morgan fingerprint density at radius 1 is 1.09 bits per heavy atom. The normalized spacial score (nSPS) is 10.9. The lowest BCUT2D eigenvalue weighted by atomic mass is 10.1. The number of carbonyl (C=O) groups excluding carboxylic acids is 1. The van der Waals surface area contributed by atoms with Crippen molar-refractivity contribution >= 4 is 28.1 Å². The fraction of sp³-hybridized carbons (Fsp3) is 0.0417. The van der Waals surface area contributed by atoms with Crippen LogP contribution in [-0.4, -0.2) is 27.4 Å². The van der Waals surface area contributed by atoms with Crippen LogP contribution in [-0.2, 0) is 6.61 Å². The number of phenols is 1. The van der Waals surface area contributed by atoms with E-state index in [-0.39, 0.29) is 11.4 Å². The number of halogens is 1. The Labute approximate surface area is 192 Å². The number of H-pyrrole nitrogens is 1. The zero-order valence-electron chi connectivity index (χ0n) is 16.8. The molecule has 4 aromatic rings. The predicted molar refractivity (Wildman–Crippen MR) is 126 cm³/mol. The summed E-state index contributed by atoms with van der Waals surface area (Å²) in [6.45, 7) is 0.491. The molecule has 0 aliphatic rings. The molecule has 3 aromatic carbocycles. The minimum Gasteiger partial charge on any atom is -0.507 e. The average molecular weight is 491 g/mol. The number of nitrogens with one attached hydrogen (secondary N) is 2. The minimum atomic E-state index is -0.447. The number of aromatic hydroxyl groups is 1. The third kappa shape index (κ3) is 5.41. The molecule has 0 atom stereocenters. The number of aromatic nitrogens is 2. The Hall–Kier alpha value is -3.91. The Bertz CT molecular complexity index is 1240. The third-order valence-corrected chi connectivity index (χ3v) is 5.07. The first-order valence-corrected chi connectivity index (χ1v) is 10.5. The van der Waals surface area contributed by atoms with Crippen molar-refractivity contribution < 1.29 is 14.6 Å². The maximum Gasteiger partial charge on any atom is 0.289 e. The molecule has 1 amide bonds. The number of amides is 1. The number of hydrogen-bond donors (Lipinski definition) is 3. The number of hydrazone groups is 1. The zero-order chi connectivity index (χ0) is 22.3. The van der Waals surface area contributed by atoms with E-state index in [2.05, 4.69) is 36.7 Å². The highest BCUT2D eigenvalue weighted by Crippen LogP contribution is 2.22. The van der Waals surface area contributed by atoms with E-state index in [0.717, 1.165) is 21.3 Å². The first kappa shape index (κ1) is 21.3. The monoisotopic (exact) mass is 490 g/mol. The van der Waals surface area contributed by atoms with E-state index in [1.54, 1.807) is 18.2 Å². The van der Waals surface area contributed by atoms with Crippen LogP contribution < -0.4 is 10.2 Å². The summed E-state index contributed by atoms with van der Waals surface area (Å²) in [6, 6.07) is 24.0. The summed E-state index contributed by atoms with van der Waals surface area (Å²) in [7, 11) is 0. The van der Waals surface area contributed by atoms with Crippen LogP contribution in [0.1, 0.15) is 21.6 Å². The van der Waals surface area contributed by atoms with E-state index >= 15 is 0 Å². The van der Waals surface area contributed by atoms with Gasteiger partial charge in [0.1, 0.15) is 23.8 Å². The lowest BCUT2D eigenvalue weighted by Gasteiger charge is -2.06. The fourth-order valence-corrected chi connectivity index (χ4v) is 3.28. The van der Waals surface area contributed by atoms with E-state index in [1.165, 1.54) is 12.3 Å². The molecule has 1 heterocycles. The Morgan fingerprint density at radius 3 is 2.66 bits per heavy atom. The SMILES string of the molecule is O=C(NN=Cc1cc(Br)ccc1O)c1cc(-c2ccc(OCc3ccccc3)cc2)n[nH]1. The molecule has 0 unspecified atom stereocenters. The van der Waals surface area contributed by atoms with Crippen LogP contribution in [0.15, 0.2) is 88.4 Å². The van der Waals surface area contributed by atoms with E-state index in [0.29, 0.717) is 17.9 Å². The Kier molecular flexibility index (Phi) is 6.62. The first-order valence-electron chi connectivity index (χ1n) is 9.73. The van der Waals surface area contributed by atoms with Crippen LogP contribution in [0.3, 0.4) is 0 Å². The van der Waals surface area contributed by atoms with Gasteiger partial charge in [0.15, 0.2) is 0 Å². The Balaban J connectivity index is 1.36.